The second kappa shape index (κ2) is 2.58. The lowest BCUT2D eigenvalue weighted by Crippen LogP contribution is -2.59. The smallest absolute Gasteiger partial charge is 0.225 e. The molecule has 2 N–H and O–H groups in total. The highest BCUT2D eigenvalue weighted by Crippen LogP contribution is 2.40. The van der Waals surface area contributed by atoms with E-state index in [0.717, 1.165) is 18.8 Å². The predicted octanol–water partition coefficient (Wildman–Crippen LogP) is 0.870. The summed E-state index contributed by atoms with van der Waals surface area (Å²) in [6.45, 7) is 1.86. The topological polar surface area (TPSA) is 41.1 Å². The van der Waals surface area contributed by atoms with Crippen LogP contribution in [0.2, 0.25) is 0 Å². The molecule has 1 fully saturated rings. The third kappa shape index (κ3) is 0.930. The predicted molar refractivity (Wildman–Crippen MR) is 54.2 cm³/mol. The van der Waals surface area contributed by atoms with Crippen LogP contribution in [0.15, 0.2) is 24.3 Å². The van der Waals surface area contributed by atoms with Crippen LogP contribution in [0.4, 0.5) is 5.69 Å². The first-order valence-electron chi connectivity index (χ1n) is 4.90. The maximum Gasteiger partial charge on any atom is 0.225 e. The van der Waals surface area contributed by atoms with Gasteiger partial charge in [0.1, 0.15) is 0 Å². The van der Waals surface area contributed by atoms with E-state index in [-0.39, 0.29) is 11.3 Å². The number of carbonyl (C=O) groups is 1. The number of anilines is 1. The average molecular weight is 188 g/mol. The minimum absolute atomic E-state index is 0.0823. The van der Waals surface area contributed by atoms with Gasteiger partial charge < -0.3 is 10.6 Å². The Bertz CT molecular complexity index is 396. The number of benzene rings is 1. The summed E-state index contributed by atoms with van der Waals surface area (Å²) in [5.74, 6) is 0.144. The van der Waals surface area contributed by atoms with Crippen molar-refractivity contribution in [2.75, 3.05) is 18.4 Å². The molecular formula is C11H12N2O. The van der Waals surface area contributed by atoms with E-state index in [4.69, 9.17) is 0 Å². The minimum atomic E-state index is 0.0823. The fraction of sp³-hybridized carbons (Fsp3) is 0.364. The van der Waals surface area contributed by atoms with Gasteiger partial charge in [-0.25, -0.2) is 0 Å². The number of para-hydroxylation sites is 1. The van der Waals surface area contributed by atoms with Crippen molar-refractivity contribution in [2.45, 2.75) is 11.8 Å². The molecule has 72 valence electrons. The van der Waals surface area contributed by atoms with Crippen molar-refractivity contribution in [3.8, 4) is 0 Å². The number of hydrogen-bond acceptors (Lipinski definition) is 2. The van der Waals surface area contributed by atoms with Crippen LogP contribution in [0.5, 0.6) is 0 Å². The van der Waals surface area contributed by atoms with E-state index in [9.17, 15) is 4.79 Å². The molecule has 1 aromatic rings. The summed E-state index contributed by atoms with van der Waals surface area (Å²) in [5.41, 5.74) is 2.36. The van der Waals surface area contributed by atoms with Gasteiger partial charge in [0.15, 0.2) is 0 Å². The van der Waals surface area contributed by atoms with E-state index >= 15 is 0 Å². The quantitative estimate of drug-likeness (QED) is 0.634. The molecule has 1 saturated heterocycles. The summed E-state index contributed by atoms with van der Waals surface area (Å²) >= 11 is 0. The zero-order chi connectivity index (χ0) is 9.60. The van der Waals surface area contributed by atoms with Crippen LogP contribution in [0.1, 0.15) is 12.0 Å². The van der Waals surface area contributed by atoms with Crippen molar-refractivity contribution in [2.24, 2.45) is 0 Å². The van der Waals surface area contributed by atoms with E-state index in [1.54, 1.807) is 0 Å². The van der Waals surface area contributed by atoms with E-state index in [1.165, 1.54) is 5.56 Å². The highest BCUT2D eigenvalue weighted by molar-refractivity contribution is 5.95. The fourth-order valence-electron chi connectivity index (χ4n) is 2.39. The van der Waals surface area contributed by atoms with Crippen LogP contribution in [0.3, 0.4) is 0 Å². The summed E-state index contributed by atoms with van der Waals surface area (Å²) in [6, 6.07) is 8.10. The van der Waals surface area contributed by atoms with Crippen molar-refractivity contribution in [1.29, 1.82) is 0 Å². The third-order valence-electron chi connectivity index (χ3n) is 3.20. The maximum absolute atomic E-state index is 11.5. The lowest BCUT2D eigenvalue weighted by molar-refractivity contribution is -0.118. The normalized spacial score (nSPS) is 22.4. The minimum Gasteiger partial charge on any atom is -0.326 e. The van der Waals surface area contributed by atoms with Crippen LogP contribution < -0.4 is 10.6 Å². The Morgan fingerprint density at radius 2 is 2.00 bits per heavy atom. The van der Waals surface area contributed by atoms with Crippen LogP contribution >= 0.6 is 0 Å². The van der Waals surface area contributed by atoms with Gasteiger partial charge >= 0.3 is 0 Å². The maximum atomic E-state index is 11.5. The first kappa shape index (κ1) is 8.00. The number of amides is 1. The van der Waals surface area contributed by atoms with Gasteiger partial charge in [-0.15, -0.1) is 0 Å². The molecular weight excluding hydrogens is 176 g/mol. The summed E-state index contributed by atoms with van der Waals surface area (Å²) in [7, 11) is 0. The Hall–Kier alpha value is -1.35. The molecule has 1 spiro atoms. The molecule has 0 unspecified atom stereocenters. The lowest BCUT2D eigenvalue weighted by atomic mass is 9.70. The van der Waals surface area contributed by atoms with Crippen molar-refractivity contribution >= 4 is 11.6 Å². The molecule has 14 heavy (non-hydrogen) atoms. The van der Waals surface area contributed by atoms with E-state index in [0.29, 0.717) is 6.42 Å². The van der Waals surface area contributed by atoms with E-state index in [1.807, 2.05) is 18.2 Å². The highest BCUT2D eigenvalue weighted by Gasteiger charge is 2.44. The summed E-state index contributed by atoms with van der Waals surface area (Å²) in [5, 5.41) is 6.17. The van der Waals surface area contributed by atoms with Gasteiger partial charge in [0.2, 0.25) is 5.91 Å². The van der Waals surface area contributed by atoms with E-state index in [2.05, 4.69) is 16.7 Å². The molecule has 2 aliphatic rings. The fourth-order valence-corrected chi connectivity index (χ4v) is 2.39. The summed E-state index contributed by atoms with van der Waals surface area (Å²) in [4.78, 5) is 11.5. The van der Waals surface area contributed by atoms with Gasteiger partial charge in [-0.05, 0) is 11.6 Å². The SMILES string of the molecule is O=C1CC2(CNC2)c2ccccc2N1. The number of fused-ring (bicyclic) bond motifs is 2. The highest BCUT2D eigenvalue weighted by atomic mass is 16.1. The van der Waals surface area contributed by atoms with Gasteiger partial charge in [-0.2, -0.15) is 0 Å². The van der Waals surface area contributed by atoms with Gasteiger partial charge in [-0.3, -0.25) is 4.79 Å². The first-order chi connectivity index (χ1) is 6.80. The molecule has 3 nitrogen and oxygen atoms in total. The van der Waals surface area contributed by atoms with Crippen molar-refractivity contribution < 1.29 is 4.79 Å². The molecule has 1 amide bonds. The molecule has 0 atom stereocenters. The van der Waals surface area contributed by atoms with Crippen LogP contribution in [0, 0.1) is 0 Å². The Kier molecular flexibility index (Phi) is 1.47. The second-order valence-corrected chi connectivity index (χ2v) is 4.15. The van der Waals surface area contributed by atoms with Crippen LogP contribution in [-0.2, 0) is 10.2 Å². The van der Waals surface area contributed by atoms with Crippen molar-refractivity contribution in [1.82, 2.24) is 5.32 Å². The molecule has 0 radical (unpaired) electrons. The van der Waals surface area contributed by atoms with Gasteiger partial charge in [-0.1, -0.05) is 18.2 Å². The zero-order valence-corrected chi connectivity index (χ0v) is 7.84. The van der Waals surface area contributed by atoms with Crippen molar-refractivity contribution in [3.63, 3.8) is 0 Å². The number of nitrogens with one attached hydrogen (secondary N) is 2. The zero-order valence-electron chi connectivity index (χ0n) is 7.84. The molecule has 2 heterocycles. The van der Waals surface area contributed by atoms with Gasteiger partial charge in [0, 0.05) is 30.6 Å². The van der Waals surface area contributed by atoms with Crippen LogP contribution in [-0.4, -0.2) is 19.0 Å². The number of carbonyl (C=O) groups excluding carboxylic acids is 1. The monoisotopic (exact) mass is 188 g/mol. The van der Waals surface area contributed by atoms with Crippen molar-refractivity contribution in [3.05, 3.63) is 29.8 Å². The molecule has 0 saturated carbocycles. The lowest BCUT2D eigenvalue weighted by Gasteiger charge is -2.46. The Balaban J connectivity index is 2.14. The van der Waals surface area contributed by atoms with Gasteiger partial charge in [0.05, 0.1) is 0 Å². The number of hydrogen-bond donors (Lipinski definition) is 2. The molecule has 0 aliphatic carbocycles. The number of rotatable bonds is 0. The molecule has 3 heteroatoms. The average Bonchev–Trinajstić information content (AvgIpc) is 2.14. The molecule has 1 aromatic carbocycles. The largest absolute Gasteiger partial charge is 0.326 e. The first-order valence-corrected chi connectivity index (χ1v) is 4.90. The summed E-state index contributed by atoms with van der Waals surface area (Å²) < 4.78 is 0. The Morgan fingerprint density at radius 3 is 2.71 bits per heavy atom. The second-order valence-electron chi connectivity index (χ2n) is 4.15. The summed E-state index contributed by atoms with van der Waals surface area (Å²) in [6.07, 6.45) is 0.622. The Morgan fingerprint density at radius 1 is 1.21 bits per heavy atom. The van der Waals surface area contributed by atoms with Gasteiger partial charge in [0.25, 0.3) is 0 Å². The molecule has 2 aliphatic heterocycles. The van der Waals surface area contributed by atoms with Crippen LogP contribution in [0.25, 0.3) is 0 Å². The molecule has 0 aromatic heterocycles. The molecule has 3 rings (SSSR count). The standard InChI is InChI=1S/C11H12N2O/c14-10-5-11(6-12-7-11)8-3-1-2-4-9(8)13-10/h1-4,12H,5-7H2,(H,13,14). The third-order valence-corrected chi connectivity index (χ3v) is 3.20. The van der Waals surface area contributed by atoms with E-state index < -0.39 is 0 Å². The molecule has 0 bridgehead atoms. The Labute approximate surface area is 82.5 Å².